The maximum Gasteiger partial charge on any atom is 0.161 e. The van der Waals surface area contributed by atoms with Gasteiger partial charge in [-0.2, -0.15) is 0 Å². The molecule has 2 rings (SSSR count). The van der Waals surface area contributed by atoms with Gasteiger partial charge >= 0.3 is 0 Å². The van der Waals surface area contributed by atoms with Crippen LogP contribution in [0.5, 0.6) is 11.5 Å². The van der Waals surface area contributed by atoms with Crippen molar-refractivity contribution in [1.29, 1.82) is 0 Å². The lowest BCUT2D eigenvalue weighted by atomic mass is 9.81. The van der Waals surface area contributed by atoms with Gasteiger partial charge in [0, 0.05) is 18.6 Å². The molecule has 0 bridgehead atoms. The van der Waals surface area contributed by atoms with E-state index in [1.165, 1.54) is 0 Å². The molecular formula is C20H24NO6-. The van der Waals surface area contributed by atoms with Gasteiger partial charge in [-0.25, -0.2) is 0 Å². The lowest BCUT2D eigenvalue weighted by Gasteiger charge is -2.22. The number of carbonyl (C=O) groups excluding carboxylic acids is 3. The second-order valence-corrected chi connectivity index (χ2v) is 6.22. The second kappa shape index (κ2) is 9.85. The van der Waals surface area contributed by atoms with Crippen LogP contribution < -0.4 is 14.6 Å². The number of aliphatic imine (C=N–C) groups is 1. The number of Topliss-reactive ketones (excluding diaryl/α,β-unsaturated/α-hetero) is 2. The van der Waals surface area contributed by atoms with Crippen LogP contribution in [-0.4, -0.2) is 43.0 Å². The molecule has 1 aliphatic carbocycles. The fraction of sp³-hybridized carbons (Fsp3) is 0.500. The van der Waals surface area contributed by atoms with Crippen molar-refractivity contribution in [3.8, 4) is 11.5 Å². The predicted octanol–water partition coefficient (Wildman–Crippen LogP) is 1.16. The summed E-state index contributed by atoms with van der Waals surface area (Å²) in [5.41, 5.74) is 1.04. The van der Waals surface area contributed by atoms with Crippen molar-refractivity contribution in [3.63, 3.8) is 0 Å². The maximum absolute atomic E-state index is 12.8. The Morgan fingerprint density at radius 2 is 1.85 bits per heavy atom. The fourth-order valence-electron chi connectivity index (χ4n) is 3.13. The van der Waals surface area contributed by atoms with Gasteiger partial charge in [0.15, 0.2) is 17.3 Å². The molecule has 1 aromatic rings. The third kappa shape index (κ3) is 5.64. The Morgan fingerprint density at radius 1 is 1.15 bits per heavy atom. The van der Waals surface area contributed by atoms with Crippen molar-refractivity contribution in [1.82, 2.24) is 0 Å². The number of aliphatic carboxylic acids is 1. The van der Waals surface area contributed by atoms with Gasteiger partial charge in [-0.05, 0) is 44.4 Å². The molecule has 7 nitrogen and oxygen atoms in total. The van der Waals surface area contributed by atoms with Crippen LogP contribution in [0, 0.1) is 5.92 Å². The van der Waals surface area contributed by atoms with Gasteiger partial charge in [-0.1, -0.05) is 6.07 Å². The number of ketones is 2. The summed E-state index contributed by atoms with van der Waals surface area (Å²) in [5.74, 6) is -1.66. The number of carboxylic acid groups (broad SMARTS) is 1. The van der Waals surface area contributed by atoms with Crippen molar-refractivity contribution in [2.45, 2.75) is 39.5 Å². The quantitative estimate of drug-likeness (QED) is 0.601. The highest BCUT2D eigenvalue weighted by Gasteiger charge is 2.34. The van der Waals surface area contributed by atoms with Crippen molar-refractivity contribution >= 4 is 23.2 Å². The zero-order valence-electron chi connectivity index (χ0n) is 15.7. The molecule has 146 valence electrons. The molecule has 27 heavy (non-hydrogen) atoms. The molecule has 0 N–H and O–H groups in total. The van der Waals surface area contributed by atoms with E-state index in [1.807, 2.05) is 13.8 Å². The Kier molecular flexibility index (Phi) is 7.52. The van der Waals surface area contributed by atoms with Crippen LogP contribution in [0.25, 0.3) is 0 Å². The standard InChI is InChI=1S/C20H25NO6/c1-3-26-17-9-8-13(11-18(17)27-4-2)10-16(23)20-14(21-12-19(24)25)6-5-7-15(20)22/h8-9,11,20H,3-7,10,12H2,1-2H3,(H,24,25)/p-1/t20-/m0/s1. The molecule has 1 aliphatic rings. The Labute approximate surface area is 158 Å². The molecule has 0 heterocycles. The Hall–Kier alpha value is -2.70. The average Bonchev–Trinajstić information content (AvgIpc) is 2.62. The normalized spacial score (nSPS) is 18.4. The molecule has 0 unspecified atom stereocenters. The molecule has 0 aromatic heterocycles. The van der Waals surface area contributed by atoms with Crippen molar-refractivity contribution < 1.29 is 29.0 Å². The largest absolute Gasteiger partial charge is 0.548 e. The predicted molar refractivity (Wildman–Crippen MR) is 97.1 cm³/mol. The number of carbonyl (C=O) groups is 3. The third-order valence-electron chi connectivity index (χ3n) is 4.23. The summed E-state index contributed by atoms with van der Waals surface area (Å²) >= 11 is 0. The molecule has 0 radical (unpaired) electrons. The summed E-state index contributed by atoms with van der Waals surface area (Å²) in [6, 6.07) is 5.24. The minimum Gasteiger partial charge on any atom is -0.548 e. The first-order chi connectivity index (χ1) is 13.0. The van der Waals surface area contributed by atoms with Crippen LogP contribution in [0.4, 0.5) is 0 Å². The molecule has 1 atom stereocenters. The van der Waals surface area contributed by atoms with Gasteiger partial charge in [0.2, 0.25) is 0 Å². The molecule has 1 fully saturated rings. The smallest absolute Gasteiger partial charge is 0.161 e. The minimum absolute atomic E-state index is 0.0349. The summed E-state index contributed by atoms with van der Waals surface area (Å²) in [5, 5.41) is 10.7. The number of benzene rings is 1. The van der Waals surface area contributed by atoms with E-state index in [2.05, 4.69) is 4.99 Å². The highest BCUT2D eigenvalue weighted by atomic mass is 16.5. The van der Waals surface area contributed by atoms with E-state index in [-0.39, 0.29) is 18.0 Å². The molecule has 1 saturated carbocycles. The van der Waals surface area contributed by atoms with Gasteiger partial charge in [0.1, 0.15) is 11.7 Å². The van der Waals surface area contributed by atoms with Crippen molar-refractivity contribution in [2.75, 3.05) is 19.8 Å². The van der Waals surface area contributed by atoms with E-state index in [0.717, 1.165) is 0 Å². The summed E-state index contributed by atoms with van der Waals surface area (Å²) in [6.45, 7) is 4.14. The fourth-order valence-corrected chi connectivity index (χ4v) is 3.13. The minimum atomic E-state index is -1.33. The summed E-state index contributed by atoms with van der Waals surface area (Å²) in [6.07, 6.45) is 1.36. The second-order valence-electron chi connectivity index (χ2n) is 6.22. The van der Waals surface area contributed by atoms with Crippen LogP contribution in [0.15, 0.2) is 23.2 Å². The topological polar surface area (TPSA) is 105 Å². The number of carboxylic acids is 1. The van der Waals surface area contributed by atoms with Crippen LogP contribution in [0.2, 0.25) is 0 Å². The van der Waals surface area contributed by atoms with E-state index in [1.54, 1.807) is 18.2 Å². The molecule has 0 saturated heterocycles. The van der Waals surface area contributed by atoms with Crippen LogP contribution in [0.1, 0.15) is 38.7 Å². The third-order valence-corrected chi connectivity index (χ3v) is 4.23. The molecule has 7 heteroatoms. The van der Waals surface area contributed by atoms with Crippen LogP contribution >= 0.6 is 0 Å². The summed E-state index contributed by atoms with van der Waals surface area (Å²) in [7, 11) is 0. The Bertz CT molecular complexity index is 740. The first-order valence-corrected chi connectivity index (χ1v) is 9.13. The SMILES string of the molecule is CCOc1ccc(CC(=O)[C@@H]2C(=O)CCCC2=NCC(=O)[O-])cc1OCC. The van der Waals surface area contributed by atoms with E-state index < -0.39 is 18.4 Å². The number of hydrogen-bond donors (Lipinski definition) is 0. The van der Waals surface area contributed by atoms with Crippen molar-refractivity contribution in [2.24, 2.45) is 10.9 Å². The first kappa shape index (κ1) is 20.6. The van der Waals surface area contributed by atoms with Gasteiger partial charge in [0.05, 0.1) is 25.7 Å². The number of rotatable bonds is 9. The Morgan fingerprint density at radius 3 is 2.52 bits per heavy atom. The van der Waals surface area contributed by atoms with E-state index in [4.69, 9.17) is 9.47 Å². The highest BCUT2D eigenvalue weighted by molar-refractivity contribution is 6.22. The van der Waals surface area contributed by atoms with Crippen LogP contribution in [0.3, 0.4) is 0 Å². The van der Waals surface area contributed by atoms with Crippen molar-refractivity contribution in [3.05, 3.63) is 23.8 Å². The lowest BCUT2D eigenvalue weighted by Crippen LogP contribution is -2.37. The van der Waals surface area contributed by atoms with Gasteiger partial charge in [-0.3, -0.25) is 14.6 Å². The summed E-state index contributed by atoms with van der Waals surface area (Å²) in [4.78, 5) is 39.6. The molecule has 0 amide bonds. The van der Waals surface area contributed by atoms with Crippen LogP contribution in [-0.2, 0) is 20.8 Å². The molecular weight excluding hydrogens is 350 g/mol. The van der Waals surface area contributed by atoms with E-state index in [9.17, 15) is 19.5 Å². The lowest BCUT2D eigenvalue weighted by molar-refractivity contribution is -0.303. The number of nitrogens with zero attached hydrogens (tertiary/aromatic N) is 1. The highest BCUT2D eigenvalue weighted by Crippen LogP contribution is 2.29. The van der Waals surface area contributed by atoms with Gasteiger partial charge in [0.25, 0.3) is 0 Å². The maximum atomic E-state index is 12.8. The zero-order chi connectivity index (χ0) is 19.8. The Balaban J connectivity index is 2.20. The van der Waals surface area contributed by atoms with E-state index in [0.29, 0.717) is 55.3 Å². The molecule has 0 aliphatic heterocycles. The first-order valence-electron chi connectivity index (χ1n) is 9.13. The monoisotopic (exact) mass is 374 g/mol. The van der Waals surface area contributed by atoms with E-state index >= 15 is 0 Å². The molecule has 1 aromatic carbocycles. The summed E-state index contributed by atoms with van der Waals surface area (Å²) < 4.78 is 11.1. The van der Waals surface area contributed by atoms with Gasteiger partial charge < -0.3 is 19.4 Å². The number of hydrogen-bond acceptors (Lipinski definition) is 7. The number of ether oxygens (including phenoxy) is 2. The average molecular weight is 374 g/mol. The van der Waals surface area contributed by atoms with Gasteiger partial charge in [-0.15, -0.1) is 0 Å². The molecule has 0 spiro atoms. The zero-order valence-corrected chi connectivity index (χ0v) is 15.7.